The number of benzene rings is 1. The first-order valence-electron chi connectivity index (χ1n) is 10.0. The van der Waals surface area contributed by atoms with Crippen LogP contribution in [-0.2, 0) is 14.9 Å². The summed E-state index contributed by atoms with van der Waals surface area (Å²) in [5, 5.41) is 9.41. The van der Waals surface area contributed by atoms with E-state index in [2.05, 4.69) is 0 Å². The zero-order valence-electron chi connectivity index (χ0n) is 17.9. The molecule has 0 aromatic heterocycles. The average molecular weight is 405 g/mol. The fraction of sp³-hybridized carbons (Fsp3) is 0.636. The van der Waals surface area contributed by atoms with Gasteiger partial charge >= 0.3 is 12.1 Å². The molecule has 1 amide bonds. The van der Waals surface area contributed by atoms with Crippen molar-refractivity contribution in [1.82, 2.24) is 4.90 Å². The molecule has 7 heteroatoms. The van der Waals surface area contributed by atoms with Crippen molar-refractivity contribution in [1.29, 1.82) is 0 Å². The van der Waals surface area contributed by atoms with Gasteiger partial charge in [-0.2, -0.15) is 0 Å². The van der Waals surface area contributed by atoms with E-state index in [1.807, 2.05) is 32.9 Å². The van der Waals surface area contributed by atoms with Crippen LogP contribution in [0.3, 0.4) is 0 Å². The van der Waals surface area contributed by atoms with E-state index in [4.69, 9.17) is 14.2 Å². The predicted octanol–water partition coefficient (Wildman–Crippen LogP) is 3.93. The Balaban J connectivity index is 1.88. The third-order valence-electron chi connectivity index (χ3n) is 6.00. The maximum atomic E-state index is 12.4. The van der Waals surface area contributed by atoms with E-state index >= 15 is 0 Å². The molecule has 1 unspecified atom stereocenters. The van der Waals surface area contributed by atoms with Crippen molar-refractivity contribution < 1.29 is 28.9 Å². The molecular formula is C22H31NO6. The van der Waals surface area contributed by atoms with Gasteiger partial charge < -0.3 is 24.2 Å². The van der Waals surface area contributed by atoms with Crippen molar-refractivity contribution in [3.05, 3.63) is 23.3 Å². The summed E-state index contributed by atoms with van der Waals surface area (Å²) in [6, 6.07) is 3.93. The quantitative estimate of drug-likeness (QED) is 0.817. The van der Waals surface area contributed by atoms with Gasteiger partial charge in [-0.15, -0.1) is 0 Å². The number of amides is 1. The summed E-state index contributed by atoms with van der Waals surface area (Å²) in [6.45, 7) is 6.75. The molecule has 1 aromatic carbocycles. The van der Waals surface area contributed by atoms with Crippen LogP contribution in [0.25, 0.3) is 0 Å². The number of likely N-dealkylation sites (tertiary alicyclic amines) is 1. The topological polar surface area (TPSA) is 85.3 Å². The Hall–Kier alpha value is -2.44. The minimum absolute atomic E-state index is 0.0737. The normalized spacial score (nSPS) is 20.3. The third-order valence-corrected chi connectivity index (χ3v) is 6.00. The highest BCUT2D eigenvalue weighted by Crippen LogP contribution is 2.55. The van der Waals surface area contributed by atoms with Gasteiger partial charge in [0.15, 0.2) is 11.5 Å². The molecule has 0 saturated carbocycles. The molecule has 0 radical (unpaired) electrons. The van der Waals surface area contributed by atoms with Gasteiger partial charge in [-0.05, 0) is 74.6 Å². The smallest absolute Gasteiger partial charge is 0.410 e. The van der Waals surface area contributed by atoms with Gasteiger partial charge in [-0.1, -0.05) is 0 Å². The number of ether oxygens (including phenoxy) is 3. The summed E-state index contributed by atoms with van der Waals surface area (Å²) >= 11 is 0. The van der Waals surface area contributed by atoms with E-state index < -0.39 is 11.6 Å². The Morgan fingerprint density at radius 3 is 2.24 bits per heavy atom. The van der Waals surface area contributed by atoms with Crippen molar-refractivity contribution in [2.24, 2.45) is 0 Å². The van der Waals surface area contributed by atoms with E-state index in [9.17, 15) is 14.7 Å². The second-order valence-electron chi connectivity index (χ2n) is 9.04. The number of carboxylic acid groups (broad SMARTS) is 1. The Kier molecular flexibility index (Phi) is 5.70. The minimum Gasteiger partial charge on any atom is -0.493 e. The molecule has 1 aliphatic heterocycles. The van der Waals surface area contributed by atoms with Crippen LogP contribution in [-0.4, -0.2) is 55.0 Å². The third kappa shape index (κ3) is 4.28. The van der Waals surface area contributed by atoms with Gasteiger partial charge in [0, 0.05) is 13.1 Å². The number of rotatable bonds is 4. The van der Waals surface area contributed by atoms with Gasteiger partial charge in [0.2, 0.25) is 0 Å². The van der Waals surface area contributed by atoms with E-state index in [0.29, 0.717) is 24.6 Å². The number of carbonyl (C=O) groups excluding carboxylic acids is 1. The Morgan fingerprint density at radius 1 is 1.14 bits per heavy atom. The van der Waals surface area contributed by atoms with Crippen LogP contribution in [0.15, 0.2) is 12.1 Å². The molecule has 1 aromatic rings. The number of methoxy groups -OCH3 is 2. The molecule has 0 bridgehead atoms. The number of carbonyl (C=O) groups is 2. The molecule has 1 saturated heterocycles. The molecule has 1 atom stereocenters. The number of aliphatic carboxylic acids is 1. The Bertz CT molecular complexity index is 789. The molecular weight excluding hydrogens is 374 g/mol. The molecule has 3 rings (SSSR count). The van der Waals surface area contributed by atoms with Crippen LogP contribution in [0.1, 0.15) is 63.5 Å². The first-order valence-corrected chi connectivity index (χ1v) is 10.0. The molecule has 1 aliphatic carbocycles. The summed E-state index contributed by atoms with van der Waals surface area (Å²) in [6.07, 6.45) is 2.09. The van der Waals surface area contributed by atoms with Crippen molar-refractivity contribution in [3.8, 4) is 11.5 Å². The van der Waals surface area contributed by atoms with Gasteiger partial charge in [0.1, 0.15) is 5.60 Å². The van der Waals surface area contributed by atoms with Gasteiger partial charge in [-0.3, -0.25) is 4.79 Å². The zero-order valence-corrected chi connectivity index (χ0v) is 17.9. The first kappa shape index (κ1) is 21.3. The largest absolute Gasteiger partial charge is 0.493 e. The lowest BCUT2D eigenvalue weighted by molar-refractivity contribution is -0.137. The molecule has 2 aliphatic rings. The summed E-state index contributed by atoms with van der Waals surface area (Å²) in [7, 11) is 3.19. The lowest BCUT2D eigenvalue weighted by atomic mass is 9.73. The number of piperidine rings is 1. The highest BCUT2D eigenvalue weighted by atomic mass is 16.6. The van der Waals surface area contributed by atoms with Gasteiger partial charge in [0.05, 0.1) is 20.6 Å². The molecule has 160 valence electrons. The fourth-order valence-corrected chi connectivity index (χ4v) is 4.69. The van der Waals surface area contributed by atoms with Crippen molar-refractivity contribution in [3.63, 3.8) is 0 Å². The van der Waals surface area contributed by atoms with Crippen LogP contribution < -0.4 is 9.47 Å². The summed E-state index contributed by atoms with van der Waals surface area (Å²) < 4.78 is 16.5. The highest BCUT2D eigenvalue weighted by Gasteiger charge is 2.47. The van der Waals surface area contributed by atoms with Crippen molar-refractivity contribution in [2.45, 2.75) is 63.4 Å². The number of hydrogen-bond donors (Lipinski definition) is 1. The van der Waals surface area contributed by atoms with Crippen LogP contribution in [0, 0.1) is 0 Å². The fourth-order valence-electron chi connectivity index (χ4n) is 4.69. The molecule has 1 spiro atoms. The molecule has 1 fully saturated rings. The predicted molar refractivity (Wildman–Crippen MR) is 108 cm³/mol. The number of fused-ring (bicyclic) bond motifs is 2. The summed E-state index contributed by atoms with van der Waals surface area (Å²) in [5.74, 6) is 0.385. The minimum atomic E-state index is -0.807. The van der Waals surface area contributed by atoms with E-state index in [1.165, 1.54) is 0 Å². The maximum Gasteiger partial charge on any atom is 0.410 e. The van der Waals surface area contributed by atoms with Crippen molar-refractivity contribution in [2.75, 3.05) is 27.3 Å². The lowest BCUT2D eigenvalue weighted by Crippen LogP contribution is -2.46. The van der Waals surface area contributed by atoms with Crippen LogP contribution >= 0.6 is 0 Å². The number of nitrogens with zero attached hydrogens (tertiary/aromatic N) is 1. The molecule has 1 heterocycles. The second kappa shape index (κ2) is 7.76. The lowest BCUT2D eigenvalue weighted by Gasteiger charge is -2.40. The van der Waals surface area contributed by atoms with Crippen LogP contribution in [0.2, 0.25) is 0 Å². The van der Waals surface area contributed by atoms with E-state index in [-0.39, 0.29) is 23.8 Å². The number of hydrogen-bond acceptors (Lipinski definition) is 5. The number of carboxylic acids is 1. The summed E-state index contributed by atoms with van der Waals surface area (Å²) in [4.78, 5) is 25.7. The zero-order chi connectivity index (χ0) is 21.4. The van der Waals surface area contributed by atoms with Crippen LogP contribution in [0.5, 0.6) is 11.5 Å². The molecule has 7 nitrogen and oxygen atoms in total. The van der Waals surface area contributed by atoms with Gasteiger partial charge in [0.25, 0.3) is 0 Å². The Morgan fingerprint density at radius 2 is 1.72 bits per heavy atom. The standard InChI is InChI=1S/C22H31NO6/c1-21(2,3)29-20(26)23-8-6-22(7-9-23)13-14(10-19(24)25)15-11-17(27-4)18(28-5)12-16(15)22/h11-12,14H,6-10,13H2,1-5H3,(H,24,25). The first-order chi connectivity index (χ1) is 13.6. The summed E-state index contributed by atoms with van der Waals surface area (Å²) in [5.41, 5.74) is 1.47. The Labute approximate surface area is 171 Å². The van der Waals surface area contributed by atoms with Gasteiger partial charge in [-0.25, -0.2) is 4.79 Å². The molecule has 1 N–H and O–H groups in total. The second-order valence-corrected chi connectivity index (χ2v) is 9.04. The van der Waals surface area contributed by atoms with E-state index in [0.717, 1.165) is 30.4 Å². The SMILES string of the molecule is COc1cc2c(cc1OC)C1(CCN(C(=O)OC(C)(C)C)CC1)CC2CC(=O)O. The highest BCUT2D eigenvalue weighted by molar-refractivity contribution is 5.70. The maximum absolute atomic E-state index is 12.4. The monoisotopic (exact) mass is 405 g/mol. The van der Waals surface area contributed by atoms with Crippen LogP contribution in [0.4, 0.5) is 4.79 Å². The molecule has 29 heavy (non-hydrogen) atoms. The van der Waals surface area contributed by atoms with E-state index in [1.54, 1.807) is 19.1 Å². The average Bonchev–Trinajstić information content (AvgIpc) is 2.91. The van der Waals surface area contributed by atoms with Crippen molar-refractivity contribution >= 4 is 12.1 Å².